The van der Waals surface area contributed by atoms with Gasteiger partial charge >= 0.3 is 0 Å². The molecule has 6 heteroatoms. The number of piperazine rings is 1. The average molecular weight is 326 g/mol. The van der Waals surface area contributed by atoms with Crippen LogP contribution in [0.3, 0.4) is 0 Å². The number of sulfonamides is 1. The number of hydrogen-bond donors (Lipinski definition) is 0. The summed E-state index contributed by atoms with van der Waals surface area (Å²) >= 11 is 0. The Labute approximate surface area is 133 Å². The fraction of sp³-hybridized carbons (Fsp3) is 0.750. The van der Waals surface area contributed by atoms with Gasteiger partial charge in [-0.05, 0) is 50.7 Å². The van der Waals surface area contributed by atoms with Crippen LogP contribution < -0.4 is 0 Å². The number of rotatable bonds is 3. The van der Waals surface area contributed by atoms with Crippen LogP contribution in [0.15, 0.2) is 21.6 Å². The molecule has 2 heterocycles. The Morgan fingerprint density at radius 3 is 2.23 bits per heavy atom. The SMILES string of the molecule is Cc1ccc(S(=O)(=O)N2CCN(C3CCC(C)CC3)CC2)o1. The fourth-order valence-electron chi connectivity index (χ4n) is 3.59. The van der Waals surface area contributed by atoms with E-state index in [-0.39, 0.29) is 5.09 Å². The van der Waals surface area contributed by atoms with E-state index in [0.29, 0.717) is 24.9 Å². The lowest BCUT2D eigenvalue weighted by Crippen LogP contribution is -2.52. The van der Waals surface area contributed by atoms with Crippen LogP contribution in [0.1, 0.15) is 38.4 Å². The molecular formula is C16H26N2O3S. The summed E-state index contributed by atoms with van der Waals surface area (Å²) in [7, 11) is -3.46. The van der Waals surface area contributed by atoms with E-state index in [9.17, 15) is 8.42 Å². The van der Waals surface area contributed by atoms with Gasteiger partial charge in [-0.3, -0.25) is 4.90 Å². The molecule has 0 aromatic carbocycles. The molecule has 0 amide bonds. The fourth-order valence-corrected chi connectivity index (χ4v) is 4.97. The first-order chi connectivity index (χ1) is 10.5. The van der Waals surface area contributed by atoms with Gasteiger partial charge in [0, 0.05) is 32.2 Å². The van der Waals surface area contributed by atoms with E-state index in [0.717, 1.165) is 19.0 Å². The molecule has 0 radical (unpaired) electrons. The first-order valence-corrected chi connectivity index (χ1v) is 9.71. The topological polar surface area (TPSA) is 53.8 Å². The zero-order valence-electron chi connectivity index (χ0n) is 13.5. The quantitative estimate of drug-likeness (QED) is 0.856. The highest BCUT2D eigenvalue weighted by Gasteiger charge is 2.33. The van der Waals surface area contributed by atoms with Gasteiger partial charge in [0.25, 0.3) is 10.0 Å². The molecule has 124 valence electrons. The van der Waals surface area contributed by atoms with Crippen LogP contribution >= 0.6 is 0 Å². The van der Waals surface area contributed by atoms with Gasteiger partial charge in [-0.15, -0.1) is 0 Å². The average Bonchev–Trinajstić information content (AvgIpc) is 2.96. The van der Waals surface area contributed by atoms with Crippen molar-refractivity contribution in [2.45, 2.75) is 50.7 Å². The Morgan fingerprint density at radius 1 is 1.05 bits per heavy atom. The van der Waals surface area contributed by atoms with Crippen molar-refractivity contribution in [3.8, 4) is 0 Å². The smallest absolute Gasteiger partial charge is 0.276 e. The van der Waals surface area contributed by atoms with Crippen LogP contribution in [-0.4, -0.2) is 49.8 Å². The van der Waals surface area contributed by atoms with E-state index in [1.807, 2.05) is 0 Å². The van der Waals surface area contributed by atoms with Crippen molar-refractivity contribution in [2.24, 2.45) is 5.92 Å². The molecule has 0 unspecified atom stereocenters. The van der Waals surface area contributed by atoms with Crippen LogP contribution in [0.2, 0.25) is 0 Å². The molecular weight excluding hydrogens is 300 g/mol. The monoisotopic (exact) mass is 326 g/mol. The van der Waals surface area contributed by atoms with Crippen LogP contribution in [0.5, 0.6) is 0 Å². The minimum Gasteiger partial charge on any atom is -0.449 e. The van der Waals surface area contributed by atoms with Gasteiger partial charge in [-0.1, -0.05) is 6.92 Å². The molecule has 1 aliphatic carbocycles. The summed E-state index contributed by atoms with van der Waals surface area (Å²) in [4.78, 5) is 2.48. The third kappa shape index (κ3) is 3.24. The summed E-state index contributed by atoms with van der Waals surface area (Å²) in [5.41, 5.74) is 0. The summed E-state index contributed by atoms with van der Waals surface area (Å²) in [6.07, 6.45) is 5.11. The van der Waals surface area contributed by atoms with Gasteiger partial charge in [0.1, 0.15) is 5.76 Å². The summed E-state index contributed by atoms with van der Waals surface area (Å²) in [6.45, 7) is 6.88. The summed E-state index contributed by atoms with van der Waals surface area (Å²) in [5, 5.41) is 0.0740. The summed E-state index contributed by atoms with van der Waals surface area (Å²) in [5.74, 6) is 1.48. The highest BCUT2D eigenvalue weighted by molar-refractivity contribution is 7.89. The Hall–Kier alpha value is -0.850. The van der Waals surface area contributed by atoms with Gasteiger partial charge in [0.05, 0.1) is 0 Å². The molecule has 0 N–H and O–H groups in total. The second kappa shape index (κ2) is 6.34. The third-order valence-corrected chi connectivity index (χ3v) is 6.86. The van der Waals surface area contributed by atoms with Crippen molar-refractivity contribution < 1.29 is 12.8 Å². The van der Waals surface area contributed by atoms with Crippen molar-refractivity contribution in [1.29, 1.82) is 0 Å². The molecule has 22 heavy (non-hydrogen) atoms. The molecule has 2 fully saturated rings. The zero-order chi connectivity index (χ0) is 15.7. The van der Waals surface area contributed by atoms with Crippen molar-refractivity contribution in [2.75, 3.05) is 26.2 Å². The van der Waals surface area contributed by atoms with E-state index in [4.69, 9.17) is 4.42 Å². The first kappa shape index (κ1) is 16.0. The highest BCUT2D eigenvalue weighted by Crippen LogP contribution is 2.28. The van der Waals surface area contributed by atoms with Crippen molar-refractivity contribution >= 4 is 10.0 Å². The molecule has 1 aromatic rings. The molecule has 2 aliphatic rings. The predicted molar refractivity (Wildman–Crippen MR) is 85.2 cm³/mol. The molecule has 0 bridgehead atoms. The minimum atomic E-state index is -3.46. The second-order valence-electron chi connectivity index (χ2n) is 6.72. The van der Waals surface area contributed by atoms with Crippen LogP contribution in [0, 0.1) is 12.8 Å². The number of aryl methyl sites for hydroxylation is 1. The Morgan fingerprint density at radius 2 is 1.68 bits per heavy atom. The highest BCUT2D eigenvalue weighted by atomic mass is 32.2. The van der Waals surface area contributed by atoms with E-state index in [2.05, 4.69) is 11.8 Å². The van der Waals surface area contributed by atoms with E-state index in [1.54, 1.807) is 23.4 Å². The molecule has 1 aliphatic heterocycles. The molecule has 0 atom stereocenters. The molecule has 1 saturated carbocycles. The van der Waals surface area contributed by atoms with Crippen LogP contribution in [-0.2, 0) is 10.0 Å². The van der Waals surface area contributed by atoms with Gasteiger partial charge < -0.3 is 4.42 Å². The lowest BCUT2D eigenvalue weighted by atomic mass is 9.86. The van der Waals surface area contributed by atoms with E-state index < -0.39 is 10.0 Å². The lowest BCUT2D eigenvalue weighted by molar-refractivity contribution is 0.100. The summed E-state index contributed by atoms with van der Waals surface area (Å²) < 4.78 is 32.0. The van der Waals surface area contributed by atoms with Gasteiger partial charge in [0.15, 0.2) is 0 Å². The van der Waals surface area contributed by atoms with E-state index in [1.165, 1.54) is 25.7 Å². The second-order valence-corrected chi connectivity index (χ2v) is 8.59. The third-order valence-electron chi connectivity index (χ3n) is 5.08. The maximum Gasteiger partial charge on any atom is 0.276 e. The molecule has 0 spiro atoms. The Kier molecular flexibility index (Phi) is 4.61. The zero-order valence-corrected chi connectivity index (χ0v) is 14.3. The largest absolute Gasteiger partial charge is 0.449 e. The van der Waals surface area contributed by atoms with Crippen LogP contribution in [0.4, 0.5) is 0 Å². The van der Waals surface area contributed by atoms with Gasteiger partial charge in [-0.2, -0.15) is 4.31 Å². The first-order valence-electron chi connectivity index (χ1n) is 8.27. The Bertz CT molecular complexity index is 595. The van der Waals surface area contributed by atoms with Crippen molar-refractivity contribution in [3.05, 3.63) is 17.9 Å². The maximum atomic E-state index is 12.5. The Balaban J connectivity index is 1.59. The number of furan rings is 1. The van der Waals surface area contributed by atoms with Crippen LogP contribution in [0.25, 0.3) is 0 Å². The molecule has 1 saturated heterocycles. The van der Waals surface area contributed by atoms with Gasteiger partial charge in [-0.25, -0.2) is 8.42 Å². The normalized spacial score (nSPS) is 28.8. The number of hydrogen-bond acceptors (Lipinski definition) is 4. The van der Waals surface area contributed by atoms with Gasteiger partial charge in [0.2, 0.25) is 5.09 Å². The predicted octanol–water partition coefficient (Wildman–Crippen LogP) is 2.47. The molecule has 3 rings (SSSR count). The van der Waals surface area contributed by atoms with Crippen molar-refractivity contribution in [1.82, 2.24) is 9.21 Å². The molecule has 5 nitrogen and oxygen atoms in total. The van der Waals surface area contributed by atoms with Crippen molar-refractivity contribution in [3.63, 3.8) is 0 Å². The number of nitrogens with zero attached hydrogens (tertiary/aromatic N) is 2. The molecule has 1 aromatic heterocycles. The minimum absolute atomic E-state index is 0.0740. The van der Waals surface area contributed by atoms with E-state index >= 15 is 0 Å². The standard InChI is InChI=1S/C16H26N2O3S/c1-13-3-6-15(7-4-13)17-9-11-18(12-10-17)22(19,20)16-8-5-14(2)21-16/h5,8,13,15H,3-4,6-7,9-12H2,1-2H3. The maximum absolute atomic E-state index is 12.5. The summed E-state index contributed by atoms with van der Waals surface area (Å²) in [6, 6.07) is 3.90. The lowest BCUT2D eigenvalue weighted by Gasteiger charge is -2.40.